The molecule has 14 nitrogen and oxygen atoms in total. The first-order valence-electron chi connectivity index (χ1n) is 9.72. The van der Waals surface area contributed by atoms with Gasteiger partial charge < -0.3 is 4.74 Å². The van der Waals surface area contributed by atoms with E-state index < -0.39 is 36.1 Å². The van der Waals surface area contributed by atoms with E-state index in [1.54, 1.807) is 30.6 Å². The van der Waals surface area contributed by atoms with Crippen molar-refractivity contribution in [2.75, 3.05) is 4.72 Å². The molecule has 1 N–H and O–H groups in total. The van der Waals surface area contributed by atoms with E-state index in [2.05, 4.69) is 20.0 Å². The molecule has 2 heterocycles. The molecular weight excluding hydrogens is 482 g/mol. The van der Waals surface area contributed by atoms with Crippen molar-refractivity contribution < 1.29 is 23.0 Å². The molecule has 0 radical (unpaired) electrons. The van der Waals surface area contributed by atoms with Crippen LogP contribution >= 0.6 is 0 Å². The minimum atomic E-state index is -4.37. The van der Waals surface area contributed by atoms with E-state index in [0.717, 1.165) is 12.1 Å². The summed E-state index contributed by atoms with van der Waals surface area (Å²) >= 11 is 0. The van der Waals surface area contributed by atoms with Crippen LogP contribution in [0.15, 0.2) is 71.9 Å². The quantitative estimate of drug-likeness (QED) is 0.279. The summed E-state index contributed by atoms with van der Waals surface area (Å²) in [6.45, 7) is 1.17. The number of anilines is 1. The molecule has 0 unspecified atom stereocenters. The second kappa shape index (κ2) is 9.14. The van der Waals surface area contributed by atoms with Gasteiger partial charge in [-0.2, -0.15) is 5.10 Å². The Morgan fingerprint density at radius 3 is 2.14 bits per heavy atom. The molecule has 2 aromatic carbocycles. The van der Waals surface area contributed by atoms with Crippen molar-refractivity contribution in [2.24, 2.45) is 0 Å². The van der Waals surface area contributed by atoms with E-state index in [-0.39, 0.29) is 17.1 Å². The predicted octanol–water partition coefficient (Wildman–Crippen LogP) is 3.38. The predicted molar refractivity (Wildman–Crippen MR) is 121 cm³/mol. The van der Waals surface area contributed by atoms with E-state index in [1.165, 1.54) is 35.9 Å². The van der Waals surface area contributed by atoms with Crippen molar-refractivity contribution in [1.82, 2.24) is 20.0 Å². The van der Waals surface area contributed by atoms with Crippen molar-refractivity contribution in [2.45, 2.75) is 11.8 Å². The summed E-state index contributed by atoms with van der Waals surface area (Å²) in [4.78, 5) is 20.1. The third-order valence-corrected chi connectivity index (χ3v) is 6.08. The highest BCUT2D eigenvalue weighted by Crippen LogP contribution is 2.32. The van der Waals surface area contributed by atoms with Crippen LogP contribution in [0.2, 0.25) is 0 Å². The molecule has 0 aliphatic carbocycles. The number of nitro benzene ring substituents is 2. The number of rotatable bonds is 8. The molecule has 35 heavy (non-hydrogen) atoms. The topological polar surface area (TPSA) is 185 Å². The van der Waals surface area contributed by atoms with Gasteiger partial charge in [-0.3, -0.25) is 25.0 Å². The van der Waals surface area contributed by atoms with Gasteiger partial charge in [-0.15, -0.1) is 10.2 Å². The number of nitrogens with zero attached hydrogens (tertiary/aromatic N) is 6. The number of nitrogens with one attached hydrogen (secondary N) is 1. The molecule has 4 aromatic rings. The molecule has 0 aliphatic heterocycles. The standard InChI is InChI=1S/C20H15N7O7S/c1-13-17(26(28)29)11-16(12-18(13)27(30)31)35(32,33)24-14-3-5-15(6-4-14)34-20-8-7-19(22-23-20)25-10-2-9-21-25/h2-12,24H,1H3. The van der Waals surface area contributed by atoms with E-state index in [9.17, 15) is 28.6 Å². The lowest BCUT2D eigenvalue weighted by molar-refractivity contribution is -0.395. The summed E-state index contributed by atoms with van der Waals surface area (Å²) in [6.07, 6.45) is 3.31. The van der Waals surface area contributed by atoms with Gasteiger partial charge in [-0.25, -0.2) is 13.1 Å². The lowest BCUT2D eigenvalue weighted by atomic mass is 10.1. The highest BCUT2D eigenvalue weighted by molar-refractivity contribution is 7.92. The number of hydrogen-bond donors (Lipinski definition) is 1. The minimum absolute atomic E-state index is 0.100. The van der Waals surface area contributed by atoms with Gasteiger partial charge >= 0.3 is 0 Å². The zero-order valence-corrected chi connectivity index (χ0v) is 18.6. The fourth-order valence-corrected chi connectivity index (χ4v) is 4.11. The number of benzene rings is 2. The zero-order chi connectivity index (χ0) is 25.2. The molecule has 0 amide bonds. The third-order valence-electron chi connectivity index (χ3n) is 4.72. The van der Waals surface area contributed by atoms with Crippen LogP contribution in [0.1, 0.15) is 5.56 Å². The van der Waals surface area contributed by atoms with Crippen molar-refractivity contribution >= 4 is 27.1 Å². The van der Waals surface area contributed by atoms with Gasteiger partial charge in [-0.05, 0) is 43.3 Å². The normalized spacial score (nSPS) is 11.1. The fourth-order valence-electron chi connectivity index (χ4n) is 3.01. The van der Waals surface area contributed by atoms with E-state index in [1.807, 2.05) is 0 Å². The maximum Gasteiger partial charge on any atom is 0.280 e. The molecule has 2 aromatic heterocycles. The Bertz CT molecular complexity index is 1470. The highest BCUT2D eigenvalue weighted by Gasteiger charge is 2.28. The Morgan fingerprint density at radius 1 is 0.971 bits per heavy atom. The summed E-state index contributed by atoms with van der Waals surface area (Å²) in [5, 5.41) is 34.5. The minimum Gasteiger partial charge on any atom is -0.438 e. The van der Waals surface area contributed by atoms with Crippen molar-refractivity contribution in [3.8, 4) is 17.4 Å². The Hall–Kier alpha value is -4.92. The first-order valence-corrected chi connectivity index (χ1v) is 11.2. The van der Waals surface area contributed by atoms with Crippen LogP contribution in [-0.2, 0) is 10.0 Å². The van der Waals surface area contributed by atoms with Gasteiger partial charge in [0.25, 0.3) is 21.4 Å². The summed E-state index contributed by atoms with van der Waals surface area (Å²) in [7, 11) is -4.37. The number of sulfonamides is 1. The number of ether oxygens (including phenoxy) is 1. The highest BCUT2D eigenvalue weighted by atomic mass is 32.2. The molecule has 4 rings (SSSR count). The molecule has 15 heteroatoms. The maximum atomic E-state index is 12.8. The monoisotopic (exact) mass is 497 g/mol. The van der Waals surface area contributed by atoms with E-state index >= 15 is 0 Å². The van der Waals surface area contributed by atoms with Crippen LogP contribution in [-0.4, -0.2) is 38.2 Å². The SMILES string of the molecule is Cc1c([N+](=O)[O-])cc(S(=O)(=O)Nc2ccc(Oc3ccc(-n4cccn4)nn3)cc2)cc1[N+](=O)[O-]. The number of aromatic nitrogens is 4. The average Bonchev–Trinajstić information content (AvgIpc) is 3.35. The van der Waals surface area contributed by atoms with Gasteiger partial charge in [0.05, 0.1) is 9.85 Å². The van der Waals surface area contributed by atoms with Gasteiger partial charge in [0.2, 0.25) is 5.88 Å². The second-order valence-electron chi connectivity index (χ2n) is 7.01. The number of nitro groups is 2. The van der Waals surface area contributed by atoms with Crippen LogP contribution in [0.3, 0.4) is 0 Å². The van der Waals surface area contributed by atoms with Crippen LogP contribution in [0, 0.1) is 27.2 Å². The summed E-state index contributed by atoms with van der Waals surface area (Å²) in [5.74, 6) is 1.01. The molecule has 0 saturated heterocycles. The summed E-state index contributed by atoms with van der Waals surface area (Å²) < 4.78 is 34.9. The molecule has 0 bridgehead atoms. The Labute approximate surface area is 197 Å². The van der Waals surface area contributed by atoms with Gasteiger partial charge in [0.1, 0.15) is 16.2 Å². The zero-order valence-electron chi connectivity index (χ0n) is 17.8. The molecular formula is C20H15N7O7S. The Morgan fingerprint density at radius 2 is 1.63 bits per heavy atom. The molecule has 0 fully saturated rings. The maximum absolute atomic E-state index is 12.8. The van der Waals surface area contributed by atoms with Crippen molar-refractivity contribution in [3.05, 3.63) is 92.8 Å². The smallest absolute Gasteiger partial charge is 0.280 e. The molecule has 0 spiro atoms. The van der Waals surface area contributed by atoms with Gasteiger partial charge in [-0.1, -0.05) is 0 Å². The fraction of sp³-hybridized carbons (Fsp3) is 0.0500. The van der Waals surface area contributed by atoms with E-state index in [4.69, 9.17) is 4.74 Å². The Kier molecular flexibility index (Phi) is 6.07. The molecule has 0 saturated carbocycles. The second-order valence-corrected chi connectivity index (χ2v) is 8.70. The summed E-state index contributed by atoms with van der Waals surface area (Å²) in [6, 6.07) is 12.2. The number of hydrogen-bond acceptors (Lipinski definition) is 10. The lowest BCUT2D eigenvalue weighted by Gasteiger charge is -2.10. The van der Waals surface area contributed by atoms with Gasteiger partial charge in [0.15, 0.2) is 5.82 Å². The van der Waals surface area contributed by atoms with E-state index in [0.29, 0.717) is 11.6 Å². The summed E-state index contributed by atoms with van der Waals surface area (Å²) in [5.41, 5.74) is -1.50. The average molecular weight is 497 g/mol. The van der Waals surface area contributed by atoms with Crippen LogP contribution in [0.4, 0.5) is 17.1 Å². The van der Waals surface area contributed by atoms with Crippen LogP contribution in [0.5, 0.6) is 11.6 Å². The van der Waals surface area contributed by atoms with Crippen molar-refractivity contribution in [1.29, 1.82) is 0 Å². The largest absolute Gasteiger partial charge is 0.438 e. The molecule has 0 atom stereocenters. The van der Waals surface area contributed by atoms with Crippen LogP contribution < -0.4 is 9.46 Å². The first kappa shape index (κ1) is 23.2. The molecule has 0 aliphatic rings. The molecule has 178 valence electrons. The first-order chi connectivity index (χ1) is 16.6. The Balaban J connectivity index is 1.51. The lowest BCUT2D eigenvalue weighted by Crippen LogP contribution is -2.14. The van der Waals surface area contributed by atoms with Crippen molar-refractivity contribution in [3.63, 3.8) is 0 Å². The van der Waals surface area contributed by atoms with Crippen LogP contribution in [0.25, 0.3) is 5.82 Å². The third kappa shape index (κ3) is 5.03. The van der Waals surface area contributed by atoms with Gasteiger partial charge in [0, 0.05) is 36.3 Å².